The quantitative estimate of drug-likeness (QED) is 0.694. The summed E-state index contributed by atoms with van der Waals surface area (Å²) < 4.78 is 7.20. The Kier molecular flexibility index (Phi) is 6.85. The minimum Gasteiger partial charge on any atom is -0.376 e. The van der Waals surface area contributed by atoms with Gasteiger partial charge in [-0.2, -0.15) is 0 Å². The molecular formula is C22H32N4O3S. The molecule has 164 valence electrons. The number of rotatable bonds is 8. The van der Waals surface area contributed by atoms with Crippen molar-refractivity contribution in [3.05, 3.63) is 26.6 Å². The molecule has 8 heteroatoms. The van der Waals surface area contributed by atoms with Crippen molar-refractivity contribution in [2.24, 2.45) is 0 Å². The predicted octanol–water partition coefficient (Wildman–Crippen LogP) is 2.47. The summed E-state index contributed by atoms with van der Waals surface area (Å²) in [5, 5.41) is 3.69. The fourth-order valence-corrected chi connectivity index (χ4v) is 5.71. The molecule has 4 rings (SSSR count). The maximum Gasteiger partial charge on any atom is 0.263 e. The highest BCUT2D eigenvalue weighted by molar-refractivity contribution is 7.18. The molecule has 2 aliphatic rings. The van der Waals surface area contributed by atoms with Crippen LogP contribution in [-0.2, 0) is 35.5 Å². The number of carbonyl (C=O) groups is 1. The summed E-state index contributed by atoms with van der Waals surface area (Å²) in [5.41, 5.74) is 1.11. The van der Waals surface area contributed by atoms with E-state index in [9.17, 15) is 9.59 Å². The molecule has 3 heterocycles. The van der Waals surface area contributed by atoms with E-state index in [1.807, 2.05) is 0 Å². The first-order valence-corrected chi connectivity index (χ1v) is 12.1. The van der Waals surface area contributed by atoms with Gasteiger partial charge in [-0.05, 0) is 57.2 Å². The molecule has 1 aliphatic heterocycles. The summed E-state index contributed by atoms with van der Waals surface area (Å²) in [6, 6.07) is 0. The Morgan fingerprint density at radius 3 is 2.80 bits per heavy atom. The van der Waals surface area contributed by atoms with Gasteiger partial charge in [0.15, 0.2) is 0 Å². The molecule has 7 nitrogen and oxygen atoms in total. The van der Waals surface area contributed by atoms with Gasteiger partial charge >= 0.3 is 0 Å². The second-order valence-electron chi connectivity index (χ2n) is 8.21. The number of fused-ring (bicyclic) bond motifs is 3. The maximum atomic E-state index is 13.5. The van der Waals surface area contributed by atoms with Crippen molar-refractivity contribution in [3.8, 4) is 0 Å². The van der Waals surface area contributed by atoms with Gasteiger partial charge in [-0.25, -0.2) is 4.98 Å². The largest absolute Gasteiger partial charge is 0.376 e. The van der Waals surface area contributed by atoms with Crippen molar-refractivity contribution in [1.82, 2.24) is 19.8 Å². The number of ether oxygens (including phenoxy) is 1. The Morgan fingerprint density at radius 1 is 1.27 bits per heavy atom. The van der Waals surface area contributed by atoms with Crippen LogP contribution in [0.5, 0.6) is 0 Å². The summed E-state index contributed by atoms with van der Waals surface area (Å²) >= 11 is 1.66. The van der Waals surface area contributed by atoms with Crippen LogP contribution in [0, 0.1) is 0 Å². The minimum absolute atomic E-state index is 0.00964. The number of hydrogen-bond acceptors (Lipinski definition) is 6. The van der Waals surface area contributed by atoms with Gasteiger partial charge in [0, 0.05) is 18.0 Å². The molecule has 30 heavy (non-hydrogen) atoms. The maximum absolute atomic E-state index is 13.5. The number of aromatic nitrogens is 2. The van der Waals surface area contributed by atoms with Crippen LogP contribution in [-0.4, -0.2) is 52.7 Å². The van der Waals surface area contributed by atoms with Crippen molar-refractivity contribution < 1.29 is 9.53 Å². The van der Waals surface area contributed by atoms with Gasteiger partial charge in [0.1, 0.15) is 17.2 Å². The SMILES string of the molecule is CCN(CC)Cc1nc2sc3c(c2c(=O)n1CC(=O)NCC1CCCO1)CCCC3. The van der Waals surface area contributed by atoms with E-state index in [0.717, 1.165) is 62.0 Å². The Hall–Kier alpha value is -1.77. The minimum atomic E-state index is -0.154. The van der Waals surface area contributed by atoms with Crippen LogP contribution in [0.1, 0.15) is 55.8 Å². The van der Waals surface area contributed by atoms with E-state index in [0.29, 0.717) is 18.9 Å². The summed E-state index contributed by atoms with van der Waals surface area (Å²) in [4.78, 5) is 35.5. The van der Waals surface area contributed by atoms with Gasteiger partial charge in [-0.3, -0.25) is 19.1 Å². The number of carbonyl (C=O) groups excluding carboxylic acids is 1. The molecule has 2 aromatic heterocycles. The van der Waals surface area contributed by atoms with Crippen molar-refractivity contribution in [1.29, 1.82) is 0 Å². The van der Waals surface area contributed by atoms with Crippen LogP contribution in [0.25, 0.3) is 10.2 Å². The summed E-state index contributed by atoms with van der Waals surface area (Å²) in [5.74, 6) is 0.528. The first-order chi connectivity index (χ1) is 14.6. The summed E-state index contributed by atoms with van der Waals surface area (Å²) in [7, 11) is 0. The summed E-state index contributed by atoms with van der Waals surface area (Å²) in [6.45, 7) is 7.79. The monoisotopic (exact) mass is 432 g/mol. The van der Waals surface area contributed by atoms with E-state index in [2.05, 4.69) is 24.1 Å². The molecule has 1 atom stereocenters. The first-order valence-electron chi connectivity index (χ1n) is 11.2. The highest BCUT2D eigenvalue weighted by Crippen LogP contribution is 2.33. The third kappa shape index (κ3) is 4.45. The van der Waals surface area contributed by atoms with E-state index in [1.54, 1.807) is 15.9 Å². The molecule has 1 aliphatic carbocycles. The van der Waals surface area contributed by atoms with Crippen LogP contribution >= 0.6 is 11.3 Å². The number of hydrogen-bond donors (Lipinski definition) is 1. The van der Waals surface area contributed by atoms with Crippen LogP contribution in [0.15, 0.2) is 4.79 Å². The molecule has 0 radical (unpaired) electrons. The molecule has 1 fully saturated rings. The summed E-state index contributed by atoms with van der Waals surface area (Å²) in [6.07, 6.45) is 6.36. The van der Waals surface area contributed by atoms with E-state index >= 15 is 0 Å². The van der Waals surface area contributed by atoms with Gasteiger partial charge in [0.05, 0.1) is 18.0 Å². The average Bonchev–Trinajstić information content (AvgIpc) is 3.40. The Morgan fingerprint density at radius 2 is 2.07 bits per heavy atom. The predicted molar refractivity (Wildman–Crippen MR) is 119 cm³/mol. The fourth-order valence-electron chi connectivity index (χ4n) is 4.44. The fraction of sp³-hybridized carbons (Fsp3) is 0.682. The smallest absolute Gasteiger partial charge is 0.263 e. The Labute approximate surface area is 181 Å². The lowest BCUT2D eigenvalue weighted by Crippen LogP contribution is -2.39. The lowest BCUT2D eigenvalue weighted by molar-refractivity contribution is -0.122. The zero-order valence-corrected chi connectivity index (χ0v) is 18.9. The molecule has 1 saturated heterocycles. The zero-order chi connectivity index (χ0) is 21.1. The van der Waals surface area contributed by atoms with Gasteiger partial charge in [0.2, 0.25) is 5.91 Å². The van der Waals surface area contributed by atoms with Crippen molar-refractivity contribution >= 4 is 27.5 Å². The Bertz CT molecular complexity index is 957. The van der Waals surface area contributed by atoms with Gasteiger partial charge in [0.25, 0.3) is 5.56 Å². The molecule has 1 amide bonds. The highest BCUT2D eigenvalue weighted by atomic mass is 32.1. The normalized spacial score (nSPS) is 18.8. The van der Waals surface area contributed by atoms with Gasteiger partial charge < -0.3 is 10.1 Å². The molecule has 0 spiro atoms. The van der Waals surface area contributed by atoms with E-state index in [4.69, 9.17) is 9.72 Å². The molecular weight excluding hydrogens is 400 g/mol. The number of nitrogens with one attached hydrogen (secondary N) is 1. The van der Waals surface area contributed by atoms with Crippen LogP contribution < -0.4 is 10.9 Å². The average molecular weight is 433 g/mol. The third-order valence-electron chi connectivity index (χ3n) is 6.27. The lowest BCUT2D eigenvalue weighted by atomic mass is 9.97. The number of thiophene rings is 1. The van der Waals surface area contributed by atoms with E-state index < -0.39 is 0 Å². The third-order valence-corrected chi connectivity index (χ3v) is 7.45. The van der Waals surface area contributed by atoms with Crippen LogP contribution in [0.4, 0.5) is 0 Å². The van der Waals surface area contributed by atoms with Gasteiger partial charge in [-0.1, -0.05) is 13.8 Å². The number of amides is 1. The molecule has 0 saturated carbocycles. The lowest BCUT2D eigenvalue weighted by Gasteiger charge is -2.20. The van der Waals surface area contributed by atoms with Crippen LogP contribution in [0.3, 0.4) is 0 Å². The number of aryl methyl sites for hydroxylation is 2. The highest BCUT2D eigenvalue weighted by Gasteiger charge is 2.24. The van der Waals surface area contributed by atoms with Crippen molar-refractivity contribution in [2.45, 2.75) is 71.6 Å². The van der Waals surface area contributed by atoms with Crippen molar-refractivity contribution in [2.75, 3.05) is 26.2 Å². The van der Waals surface area contributed by atoms with E-state index in [-0.39, 0.29) is 24.1 Å². The standard InChI is InChI=1S/C22H32N4O3S/c1-3-25(4-2)13-18-24-21-20(16-9-5-6-10-17(16)30-21)22(28)26(18)14-19(27)23-12-15-8-7-11-29-15/h15H,3-14H2,1-2H3,(H,23,27). The first kappa shape index (κ1) is 21.5. The molecule has 0 aromatic carbocycles. The zero-order valence-electron chi connectivity index (χ0n) is 18.0. The van der Waals surface area contributed by atoms with Crippen molar-refractivity contribution in [3.63, 3.8) is 0 Å². The van der Waals surface area contributed by atoms with E-state index in [1.165, 1.54) is 16.9 Å². The molecule has 1 unspecified atom stereocenters. The molecule has 2 aromatic rings. The second kappa shape index (κ2) is 9.58. The molecule has 1 N–H and O–H groups in total. The number of nitrogens with zero attached hydrogens (tertiary/aromatic N) is 3. The molecule has 0 bridgehead atoms. The topological polar surface area (TPSA) is 76.5 Å². The Balaban J connectivity index is 1.66. The van der Waals surface area contributed by atoms with Crippen LogP contribution in [0.2, 0.25) is 0 Å². The van der Waals surface area contributed by atoms with Gasteiger partial charge in [-0.15, -0.1) is 11.3 Å². The second-order valence-corrected chi connectivity index (χ2v) is 9.29.